The molecule has 6 heteroatoms. The predicted octanol–water partition coefficient (Wildman–Crippen LogP) is 7.70. The topological polar surface area (TPSA) is 59.8 Å². The normalized spacial score (nSPS) is 11.1. The Labute approximate surface area is 225 Å². The highest BCUT2D eigenvalue weighted by molar-refractivity contribution is 6.63. The molecule has 37 heavy (non-hydrogen) atoms. The quantitative estimate of drug-likeness (QED) is 0.160. The monoisotopic (exact) mass is 518 g/mol. The highest BCUT2D eigenvalue weighted by Crippen LogP contribution is 2.30. The summed E-state index contributed by atoms with van der Waals surface area (Å²) in [6, 6.07) is 25.0. The van der Waals surface area contributed by atoms with Crippen LogP contribution >= 0.6 is 11.6 Å². The first-order chi connectivity index (χ1) is 17.8. The summed E-state index contributed by atoms with van der Waals surface area (Å²) in [6.45, 7) is 14.2. The maximum Gasteiger partial charge on any atom is 0.323 e. The Morgan fingerprint density at radius 2 is 1.59 bits per heavy atom. The Morgan fingerprint density at radius 1 is 0.946 bits per heavy atom. The molecule has 0 aliphatic heterocycles. The molecule has 1 atom stereocenters. The Morgan fingerprint density at radius 3 is 2.16 bits per heavy atom. The summed E-state index contributed by atoms with van der Waals surface area (Å²) in [7, 11) is 0. The molecule has 194 valence electrons. The molecular weight excluding hydrogens is 484 g/mol. The number of unbranched alkanes of at least 4 members (excludes halogenated alkanes) is 1. The van der Waals surface area contributed by atoms with Gasteiger partial charge in [-0.15, -0.1) is 0 Å². The summed E-state index contributed by atoms with van der Waals surface area (Å²) in [5.41, 5.74) is 4.62. The number of hydrogen-bond acceptors (Lipinski definition) is 4. The lowest BCUT2D eigenvalue weighted by Gasteiger charge is -2.21. The lowest BCUT2D eigenvalue weighted by Crippen LogP contribution is -2.41. The summed E-state index contributed by atoms with van der Waals surface area (Å²) < 4.78 is 5.51. The first-order valence-corrected chi connectivity index (χ1v) is 12.9. The molecule has 0 saturated carbocycles. The van der Waals surface area contributed by atoms with Gasteiger partial charge in [0.1, 0.15) is 12.6 Å². The first-order valence-electron chi connectivity index (χ1n) is 12.5. The van der Waals surface area contributed by atoms with Gasteiger partial charge in [-0.3, -0.25) is 9.59 Å². The minimum absolute atomic E-state index is 0.109. The van der Waals surface area contributed by atoms with Crippen LogP contribution in [0.15, 0.2) is 78.9 Å². The number of halogens is 1. The number of carbonyl (C=O) groups is 2. The molecule has 3 aromatic carbocycles. The number of rotatable bonds is 11. The summed E-state index contributed by atoms with van der Waals surface area (Å²) in [5, 5.41) is 3.11. The number of esters is 1. The molecule has 0 spiro atoms. The van der Waals surface area contributed by atoms with Crippen molar-refractivity contribution >= 4 is 28.5 Å². The van der Waals surface area contributed by atoms with Crippen LogP contribution in [-0.4, -0.2) is 17.3 Å². The number of nitrogens with one attached hydrogen (secondary N) is 1. The number of para-hydroxylation sites is 1. The zero-order valence-electron chi connectivity index (χ0n) is 21.7. The van der Waals surface area contributed by atoms with E-state index in [1.165, 1.54) is 0 Å². The van der Waals surface area contributed by atoms with E-state index in [1.54, 1.807) is 0 Å². The number of ether oxygens (including phenoxy) is 1. The Balaban J connectivity index is 0.000000604. The zero-order valence-corrected chi connectivity index (χ0v) is 22.5. The van der Waals surface area contributed by atoms with Crippen molar-refractivity contribution in [2.45, 2.75) is 59.2 Å². The Kier molecular flexibility index (Phi) is 13.1. The van der Waals surface area contributed by atoms with E-state index in [0.717, 1.165) is 35.1 Å². The fourth-order valence-corrected chi connectivity index (χ4v) is 3.70. The average molecular weight is 519 g/mol. The smallest absolute Gasteiger partial charge is 0.323 e. The number of carbonyl (C=O) groups excluding carboxylic acids is 2. The molecule has 0 unspecified atom stereocenters. The highest BCUT2D eigenvalue weighted by atomic mass is 35.5. The molecule has 3 aromatic rings. The second-order valence-electron chi connectivity index (χ2n) is 8.98. The largest absolute Gasteiger partial charge is 0.460 e. The van der Waals surface area contributed by atoms with Gasteiger partial charge in [-0.25, -0.2) is 4.85 Å². The van der Waals surface area contributed by atoms with Crippen LogP contribution in [0, 0.1) is 12.5 Å². The van der Waals surface area contributed by atoms with E-state index in [4.69, 9.17) is 22.9 Å². The molecule has 0 radical (unpaired) electrons. The van der Waals surface area contributed by atoms with Crippen LogP contribution < -0.4 is 5.32 Å². The van der Waals surface area contributed by atoms with E-state index < -0.39 is 0 Å². The Bertz CT molecular complexity index is 1160. The van der Waals surface area contributed by atoms with Crippen molar-refractivity contribution in [3.05, 3.63) is 101 Å². The predicted molar refractivity (Wildman–Crippen MR) is 150 cm³/mol. The molecule has 0 fully saturated rings. The van der Waals surface area contributed by atoms with Crippen molar-refractivity contribution in [2.24, 2.45) is 5.92 Å². The van der Waals surface area contributed by atoms with Gasteiger partial charge in [-0.2, -0.15) is 0 Å². The van der Waals surface area contributed by atoms with Crippen molar-refractivity contribution in [3.8, 4) is 11.1 Å². The van der Waals surface area contributed by atoms with Crippen LogP contribution in [0.25, 0.3) is 16.0 Å². The van der Waals surface area contributed by atoms with Crippen molar-refractivity contribution < 1.29 is 14.3 Å². The fraction of sp³-hybridized carbons (Fsp3) is 0.323. The summed E-state index contributed by atoms with van der Waals surface area (Å²) >= 11 is 5.02. The van der Waals surface area contributed by atoms with Gasteiger partial charge in [-0.05, 0) is 46.2 Å². The molecule has 0 saturated heterocycles. The minimum Gasteiger partial charge on any atom is -0.460 e. The molecular formula is C31H35ClN2O3. The van der Waals surface area contributed by atoms with Gasteiger partial charge in [0, 0.05) is 13.0 Å². The fourth-order valence-electron chi connectivity index (χ4n) is 3.57. The number of nitrogens with zero attached hydrogens (tertiary/aromatic N) is 1. The van der Waals surface area contributed by atoms with E-state index in [0.29, 0.717) is 18.7 Å². The zero-order chi connectivity index (χ0) is 27.0. The maximum absolute atomic E-state index is 12.6. The summed E-state index contributed by atoms with van der Waals surface area (Å²) in [6.07, 6.45) is 2.48. The second kappa shape index (κ2) is 16.3. The maximum atomic E-state index is 12.6. The number of benzene rings is 3. The molecule has 0 heterocycles. The van der Waals surface area contributed by atoms with Gasteiger partial charge < -0.3 is 10.1 Å². The SMILES string of the molecule is CCCCC(=O)Cl.[C-]#[N+]c1ccccc1-c1ccc(CN[C@H](C(=O)OCc2ccccc2)C(C)C)cc1. The molecule has 0 bridgehead atoms. The lowest BCUT2D eigenvalue weighted by molar-refractivity contribution is -0.148. The summed E-state index contributed by atoms with van der Waals surface area (Å²) in [4.78, 5) is 26.1. The lowest BCUT2D eigenvalue weighted by atomic mass is 10.0. The van der Waals surface area contributed by atoms with Crippen LogP contribution in [0.3, 0.4) is 0 Å². The summed E-state index contributed by atoms with van der Waals surface area (Å²) in [5.74, 6) is -0.130. The van der Waals surface area contributed by atoms with Gasteiger partial charge in [0.25, 0.3) is 0 Å². The van der Waals surface area contributed by atoms with Crippen molar-refractivity contribution in [1.82, 2.24) is 5.32 Å². The molecule has 0 aliphatic rings. The van der Waals surface area contributed by atoms with Crippen molar-refractivity contribution in [2.75, 3.05) is 0 Å². The van der Waals surface area contributed by atoms with E-state index in [-0.39, 0.29) is 29.8 Å². The van der Waals surface area contributed by atoms with Crippen molar-refractivity contribution in [1.29, 1.82) is 0 Å². The van der Waals surface area contributed by atoms with Crippen LogP contribution in [0.5, 0.6) is 0 Å². The Hall–Kier alpha value is -3.46. The standard InChI is InChI=1S/C26H26N2O2.C5H9ClO/c1-19(2)25(26(29)30-18-21-9-5-4-6-10-21)28-17-20-13-15-22(16-14-20)23-11-7-8-12-24(23)27-3;1-2-3-4-5(6)7/h4-16,19,25,28H,17-18H2,1-2H3;2-4H2,1H3/t25-;/m0./s1. The molecule has 1 N–H and O–H groups in total. The third-order valence-electron chi connectivity index (χ3n) is 5.69. The van der Waals surface area contributed by atoms with Crippen LogP contribution in [0.4, 0.5) is 5.69 Å². The van der Waals surface area contributed by atoms with Gasteiger partial charge >= 0.3 is 5.97 Å². The van der Waals surface area contributed by atoms with Gasteiger partial charge in [0.05, 0.1) is 6.57 Å². The third kappa shape index (κ3) is 10.6. The molecule has 5 nitrogen and oxygen atoms in total. The molecule has 0 amide bonds. The highest BCUT2D eigenvalue weighted by Gasteiger charge is 2.23. The van der Waals surface area contributed by atoms with E-state index in [2.05, 4.69) is 10.2 Å². The van der Waals surface area contributed by atoms with Crippen LogP contribution in [-0.2, 0) is 27.5 Å². The minimum atomic E-state index is -0.378. The van der Waals surface area contributed by atoms with Gasteiger partial charge in [0.2, 0.25) is 5.24 Å². The molecule has 3 rings (SSSR count). The van der Waals surface area contributed by atoms with Gasteiger partial charge in [-0.1, -0.05) is 106 Å². The van der Waals surface area contributed by atoms with E-state index >= 15 is 0 Å². The van der Waals surface area contributed by atoms with Crippen LogP contribution in [0.2, 0.25) is 0 Å². The van der Waals surface area contributed by atoms with Crippen LogP contribution in [0.1, 0.15) is 51.2 Å². The van der Waals surface area contributed by atoms with Crippen molar-refractivity contribution in [3.63, 3.8) is 0 Å². The van der Waals surface area contributed by atoms with E-state index in [9.17, 15) is 9.59 Å². The molecule has 0 aliphatic carbocycles. The first kappa shape index (κ1) is 29.8. The average Bonchev–Trinajstić information content (AvgIpc) is 2.92. The second-order valence-corrected chi connectivity index (χ2v) is 9.40. The third-order valence-corrected chi connectivity index (χ3v) is 5.88. The number of hydrogen-bond donors (Lipinski definition) is 1. The van der Waals surface area contributed by atoms with Gasteiger partial charge in [0.15, 0.2) is 5.69 Å². The molecule has 0 aromatic heterocycles. The van der Waals surface area contributed by atoms with E-state index in [1.807, 2.05) is 99.6 Å².